The Bertz CT molecular complexity index is 592. The smallest absolute Gasteiger partial charge is 0.0448 e. The zero-order chi connectivity index (χ0) is 15.4. The molecule has 0 saturated heterocycles. The maximum absolute atomic E-state index is 5.88. The van der Waals surface area contributed by atoms with Crippen LogP contribution in [0.3, 0.4) is 0 Å². The highest BCUT2D eigenvalue weighted by Crippen LogP contribution is 2.30. The lowest BCUT2D eigenvalue weighted by atomic mass is 10.0. The Morgan fingerprint density at radius 1 is 1.05 bits per heavy atom. The minimum Gasteiger partial charge on any atom is -0.367 e. The molecule has 3 nitrogen and oxygen atoms in total. The van der Waals surface area contributed by atoms with Gasteiger partial charge in [0.2, 0.25) is 0 Å². The Balaban J connectivity index is 2.49. The summed E-state index contributed by atoms with van der Waals surface area (Å²) in [5, 5.41) is 2.57. The predicted octanol–water partition coefficient (Wildman–Crippen LogP) is 3.07. The van der Waals surface area contributed by atoms with E-state index in [-0.39, 0.29) is 0 Å². The molecule has 21 heavy (non-hydrogen) atoms. The molecule has 2 aromatic carbocycles. The summed E-state index contributed by atoms with van der Waals surface area (Å²) in [5.74, 6) is 0. The van der Waals surface area contributed by atoms with Crippen LogP contribution in [0.5, 0.6) is 0 Å². The average Bonchev–Trinajstić information content (AvgIpc) is 2.47. The zero-order valence-corrected chi connectivity index (χ0v) is 13.6. The Kier molecular flexibility index (Phi) is 5.21. The fourth-order valence-corrected chi connectivity index (χ4v) is 3.12. The van der Waals surface area contributed by atoms with Crippen LogP contribution in [0.1, 0.15) is 19.4 Å². The third kappa shape index (κ3) is 3.36. The third-order valence-electron chi connectivity index (χ3n) is 4.02. The monoisotopic (exact) mass is 285 g/mol. The summed E-state index contributed by atoms with van der Waals surface area (Å²) in [6.07, 6.45) is 0. The van der Waals surface area contributed by atoms with Crippen molar-refractivity contribution in [1.82, 2.24) is 4.90 Å². The number of hydrogen-bond acceptors (Lipinski definition) is 3. The fraction of sp³-hybridized carbons (Fsp3) is 0.444. The van der Waals surface area contributed by atoms with E-state index in [1.807, 2.05) is 0 Å². The van der Waals surface area contributed by atoms with Gasteiger partial charge in [-0.1, -0.05) is 30.3 Å². The van der Waals surface area contributed by atoms with Gasteiger partial charge >= 0.3 is 0 Å². The molecule has 2 rings (SSSR count). The summed E-state index contributed by atoms with van der Waals surface area (Å²) in [5.41, 5.74) is 8.40. The number of nitrogens with zero attached hydrogens (tertiary/aromatic N) is 2. The van der Waals surface area contributed by atoms with E-state index in [1.165, 1.54) is 22.0 Å². The van der Waals surface area contributed by atoms with Gasteiger partial charge in [-0.15, -0.1) is 0 Å². The molecule has 1 atom stereocenters. The molecular weight excluding hydrogens is 258 g/mol. The second kappa shape index (κ2) is 6.92. The van der Waals surface area contributed by atoms with Crippen molar-refractivity contribution >= 4 is 16.5 Å². The molecular formula is C18H27N3. The fourth-order valence-electron chi connectivity index (χ4n) is 3.12. The van der Waals surface area contributed by atoms with Crippen LogP contribution in [0.25, 0.3) is 10.8 Å². The molecule has 0 spiro atoms. The van der Waals surface area contributed by atoms with Crippen molar-refractivity contribution in [1.29, 1.82) is 0 Å². The molecule has 0 bridgehead atoms. The van der Waals surface area contributed by atoms with Crippen LogP contribution in [0.2, 0.25) is 0 Å². The molecule has 0 radical (unpaired) electrons. The number of hydrogen-bond donors (Lipinski definition) is 1. The summed E-state index contributed by atoms with van der Waals surface area (Å²) in [7, 11) is 4.25. The number of rotatable bonds is 6. The quantitative estimate of drug-likeness (QED) is 0.885. The summed E-state index contributed by atoms with van der Waals surface area (Å²) in [6.45, 7) is 7.13. The highest BCUT2D eigenvalue weighted by Gasteiger charge is 2.16. The zero-order valence-electron chi connectivity index (χ0n) is 13.6. The molecule has 0 aromatic heterocycles. The van der Waals surface area contributed by atoms with Gasteiger partial charge in [0.15, 0.2) is 0 Å². The Labute approximate surface area is 128 Å². The second-order valence-electron chi connectivity index (χ2n) is 5.89. The Morgan fingerprint density at radius 3 is 2.29 bits per heavy atom. The van der Waals surface area contributed by atoms with Crippen LogP contribution >= 0.6 is 0 Å². The summed E-state index contributed by atoms with van der Waals surface area (Å²) >= 11 is 0. The second-order valence-corrected chi connectivity index (χ2v) is 5.89. The minimum atomic E-state index is 0.470. The molecule has 114 valence electrons. The van der Waals surface area contributed by atoms with Gasteiger partial charge in [0, 0.05) is 36.7 Å². The first kappa shape index (κ1) is 15.8. The lowest BCUT2D eigenvalue weighted by Crippen LogP contribution is -2.40. The average molecular weight is 285 g/mol. The lowest BCUT2D eigenvalue weighted by molar-refractivity contribution is 0.373. The maximum Gasteiger partial charge on any atom is 0.0448 e. The number of benzene rings is 2. The molecule has 0 fully saturated rings. The van der Waals surface area contributed by atoms with E-state index in [2.05, 4.69) is 74.1 Å². The predicted molar refractivity (Wildman–Crippen MR) is 92.9 cm³/mol. The molecule has 0 saturated carbocycles. The van der Waals surface area contributed by atoms with Crippen LogP contribution in [0, 0.1) is 0 Å². The van der Waals surface area contributed by atoms with Gasteiger partial charge in [-0.3, -0.25) is 0 Å². The van der Waals surface area contributed by atoms with Crippen molar-refractivity contribution < 1.29 is 0 Å². The van der Waals surface area contributed by atoms with Gasteiger partial charge in [0.1, 0.15) is 0 Å². The van der Waals surface area contributed by atoms with Gasteiger partial charge in [-0.05, 0) is 45.0 Å². The molecule has 2 aromatic rings. The standard InChI is InChI=1S/C18H27N3/c1-5-21(14(2)13-20(3)4)18-11-10-15(12-19)16-8-6-7-9-17(16)18/h6-11,14H,5,12-13,19H2,1-4H3. The van der Waals surface area contributed by atoms with Crippen LogP contribution < -0.4 is 10.6 Å². The van der Waals surface area contributed by atoms with Gasteiger partial charge < -0.3 is 15.5 Å². The number of fused-ring (bicyclic) bond motifs is 1. The van der Waals surface area contributed by atoms with Crippen molar-refractivity contribution in [3.8, 4) is 0 Å². The molecule has 2 N–H and O–H groups in total. The van der Waals surface area contributed by atoms with E-state index in [4.69, 9.17) is 5.73 Å². The third-order valence-corrected chi connectivity index (χ3v) is 4.02. The van der Waals surface area contributed by atoms with Crippen molar-refractivity contribution in [2.75, 3.05) is 32.1 Å². The first-order chi connectivity index (χ1) is 10.1. The van der Waals surface area contributed by atoms with Crippen LogP contribution in [-0.2, 0) is 6.54 Å². The topological polar surface area (TPSA) is 32.5 Å². The van der Waals surface area contributed by atoms with Gasteiger partial charge in [-0.25, -0.2) is 0 Å². The van der Waals surface area contributed by atoms with E-state index >= 15 is 0 Å². The van der Waals surface area contributed by atoms with E-state index in [0.717, 1.165) is 13.1 Å². The number of likely N-dealkylation sites (N-methyl/N-ethyl adjacent to an activating group) is 2. The van der Waals surface area contributed by atoms with Gasteiger partial charge in [-0.2, -0.15) is 0 Å². The molecule has 0 aliphatic rings. The molecule has 0 heterocycles. The highest BCUT2D eigenvalue weighted by atomic mass is 15.2. The van der Waals surface area contributed by atoms with Crippen molar-refractivity contribution in [2.24, 2.45) is 5.73 Å². The van der Waals surface area contributed by atoms with Crippen molar-refractivity contribution in [2.45, 2.75) is 26.4 Å². The normalized spacial score (nSPS) is 12.9. The van der Waals surface area contributed by atoms with Gasteiger partial charge in [0.25, 0.3) is 0 Å². The van der Waals surface area contributed by atoms with E-state index < -0.39 is 0 Å². The largest absolute Gasteiger partial charge is 0.367 e. The number of anilines is 1. The molecule has 3 heteroatoms. The van der Waals surface area contributed by atoms with Crippen molar-refractivity contribution in [3.05, 3.63) is 42.0 Å². The van der Waals surface area contributed by atoms with E-state index in [9.17, 15) is 0 Å². The first-order valence-electron chi connectivity index (χ1n) is 7.70. The molecule has 0 aliphatic carbocycles. The maximum atomic E-state index is 5.88. The molecule has 0 amide bonds. The summed E-state index contributed by atoms with van der Waals surface area (Å²) < 4.78 is 0. The minimum absolute atomic E-state index is 0.470. The first-order valence-corrected chi connectivity index (χ1v) is 7.70. The molecule has 1 unspecified atom stereocenters. The highest BCUT2D eigenvalue weighted by molar-refractivity contribution is 5.96. The SMILES string of the molecule is CCN(c1ccc(CN)c2ccccc12)C(C)CN(C)C. The molecule has 0 aliphatic heterocycles. The summed E-state index contributed by atoms with van der Waals surface area (Å²) in [4.78, 5) is 4.71. The lowest BCUT2D eigenvalue weighted by Gasteiger charge is -2.33. The van der Waals surface area contributed by atoms with E-state index in [1.54, 1.807) is 0 Å². The number of nitrogens with two attached hydrogens (primary N) is 1. The van der Waals surface area contributed by atoms with Crippen LogP contribution in [0.15, 0.2) is 36.4 Å². The Morgan fingerprint density at radius 2 is 1.71 bits per heavy atom. The summed E-state index contributed by atoms with van der Waals surface area (Å²) in [6, 6.07) is 13.4. The van der Waals surface area contributed by atoms with E-state index in [0.29, 0.717) is 12.6 Å². The van der Waals surface area contributed by atoms with Crippen molar-refractivity contribution in [3.63, 3.8) is 0 Å². The van der Waals surface area contributed by atoms with Gasteiger partial charge in [0.05, 0.1) is 0 Å². The Hall–Kier alpha value is -1.58. The van der Waals surface area contributed by atoms with Crippen LogP contribution in [0.4, 0.5) is 5.69 Å². The van der Waals surface area contributed by atoms with Crippen LogP contribution in [-0.4, -0.2) is 38.1 Å².